The van der Waals surface area contributed by atoms with Crippen molar-refractivity contribution in [3.63, 3.8) is 0 Å². The Hall–Kier alpha value is -1.81. The number of fused-ring (bicyclic) bond motifs is 1. The lowest BCUT2D eigenvalue weighted by molar-refractivity contribution is 0.916. The van der Waals surface area contributed by atoms with Gasteiger partial charge in [-0.15, -0.1) is 11.3 Å². The van der Waals surface area contributed by atoms with E-state index in [1.807, 2.05) is 25.2 Å². The molecule has 2 heterocycles. The van der Waals surface area contributed by atoms with E-state index in [0.29, 0.717) is 0 Å². The number of para-hydroxylation sites is 2. The molecular formula is C14H15N3S. The number of hydrogen-bond donors (Lipinski definition) is 1. The Bertz CT molecular complexity index is 640. The molecular weight excluding hydrogens is 242 g/mol. The van der Waals surface area contributed by atoms with Crippen molar-refractivity contribution in [2.75, 3.05) is 11.9 Å². The smallest absolute Gasteiger partial charge is 0.203 e. The number of nitrogens with one attached hydrogen (secondary N) is 1. The van der Waals surface area contributed by atoms with Crippen molar-refractivity contribution in [2.45, 2.75) is 6.42 Å². The highest BCUT2D eigenvalue weighted by molar-refractivity contribution is 7.09. The quantitative estimate of drug-likeness (QED) is 0.777. The van der Waals surface area contributed by atoms with Gasteiger partial charge in [-0.05, 0) is 30.0 Å². The van der Waals surface area contributed by atoms with E-state index in [1.165, 1.54) is 4.88 Å². The minimum Gasteiger partial charge on any atom is -0.355 e. The summed E-state index contributed by atoms with van der Waals surface area (Å²) >= 11 is 1.80. The summed E-state index contributed by atoms with van der Waals surface area (Å²) in [5.41, 5.74) is 2.20. The lowest BCUT2D eigenvalue weighted by atomic mass is 10.3. The van der Waals surface area contributed by atoms with Gasteiger partial charge in [0, 0.05) is 18.5 Å². The van der Waals surface area contributed by atoms with Gasteiger partial charge in [0.2, 0.25) is 5.95 Å². The third-order valence-corrected chi connectivity index (χ3v) is 3.96. The first-order chi connectivity index (χ1) is 8.84. The zero-order valence-corrected chi connectivity index (χ0v) is 11.1. The number of rotatable bonds is 4. The van der Waals surface area contributed by atoms with E-state index >= 15 is 0 Å². The highest BCUT2D eigenvalue weighted by Crippen LogP contribution is 2.17. The van der Waals surface area contributed by atoms with Crippen LogP contribution < -0.4 is 5.32 Å². The fourth-order valence-corrected chi connectivity index (χ4v) is 2.76. The third kappa shape index (κ3) is 2.11. The molecule has 0 spiro atoms. The summed E-state index contributed by atoms with van der Waals surface area (Å²) in [5, 5.41) is 5.51. The third-order valence-electron chi connectivity index (χ3n) is 3.02. The van der Waals surface area contributed by atoms with Crippen molar-refractivity contribution < 1.29 is 0 Å². The van der Waals surface area contributed by atoms with E-state index in [2.05, 4.69) is 38.4 Å². The van der Waals surface area contributed by atoms with Crippen LogP contribution in [0.1, 0.15) is 4.88 Å². The van der Waals surface area contributed by atoms with Gasteiger partial charge in [-0.2, -0.15) is 0 Å². The fourth-order valence-electron chi connectivity index (χ4n) is 2.06. The Morgan fingerprint density at radius 1 is 1.22 bits per heavy atom. The molecule has 1 aromatic carbocycles. The van der Waals surface area contributed by atoms with Crippen LogP contribution >= 0.6 is 11.3 Å². The van der Waals surface area contributed by atoms with Crippen molar-refractivity contribution >= 4 is 28.3 Å². The Labute approximate surface area is 110 Å². The number of aromatic nitrogens is 2. The highest BCUT2D eigenvalue weighted by atomic mass is 32.1. The standard InChI is InChI=1S/C14H15N3S/c1-17-13-7-3-2-6-12(13)16-14(17)15-9-8-11-5-4-10-18-11/h2-7,10H,8-9H2,1H3,(H,15,16). The first kappa shape index (κ1) is 11.3. The van der Waals surface area contributed by atoms with Crippen molar-refractivity contribution in [1.82, 2.24) is 9.55 Å². The van der Waals surface area contributed by atoms with Crippen LogP contribution in [-0.2, 0) is 13.5 Å². The summed E-state index contributed by atoms with van der Waals surface area (Å²) in [6.45, 7) is 0.914. The Morgan fingerprint density at radius 2 is 2.11 bits per heavy atom. The Balaban J connectivity index is 1.73. The molecule has 3 aromatic rings. The summed E-state index contributed by atoms with van der Waals surface area (Å²) in [5.74, 6) is 0.938. The molecule has 0 saturated carbocycles. The van der Waals surface area contributed by atoms with Crippen molar-refractivity contribution in [3.05, 3.63) is 46.7 Å². The normalized spacial score (nSPS) is 10.9. The molecule has 0 aliphatic heterocycles. The summed E-state index contributed by atoms with van der Waals surface area (Å²) in [6, 6.07) is 12.5. The number of thiophene rings is 1. The fraction of sp³-hybridized carbons (Fsp3) is 0.214. The van der Waals surface area contributed by atoms with E-state index in [9.17, 15) is 0 Å². The molecule has 0 fully saturated rings. The second kappa shape index (κ2) is 4.82. The molecule has 1 N–H and O–H groups in total. The maximum atomic E-state index is 4.59. The molecule has 0 amide bonds. The number of anilines is 1. The van der Waals surface area contributed by atoms with Crippen molar-refractivity contribution in [3.8, 4) is 0 Å². The van der Waals surface area contributed by atoms with Crippen LogP contribution in [0.3, 0.4) is 0 Å². The molecule has 0 aliphatic carbocycles. The number of aryl methyl sites for hydroxylation is 1. The number of nitrogens with zero attached hydrogens (tertiary/aromatic N) is 2. The summed E-state index contributed by atoms with van der Waals surface area (Å²) in [4.78, 5) is 5.99. The second-order valence-corrected chi connectivity index (χ2v) is 5.27. The molecule has 3 nitrogen and oxygen atoms in total. The van der Waals surface area contributed by atoms with Gasteiger partial charge in [0.25, 0.3) is 0 Å². The first-order valence-corrected chi connectivity index (χ1v) is 6.90. The van der Waals surface area contributed by atoms with Gasteiger partial charge in [0.1, 0.15) is 0 Å². The van der Waals surface area contributed by atoms with E-state index < -0.39 is 0 Å². The molecule has 18 heavy (non-hydrogen) atoms. The highest BCUT2D eigenvalue weighted by Gasteiger charge is 2.05. The number of hydrogen-bond acceptors (Lipinski definition) is 3. The van der Waals surface area contributed by atoms with Gasteiger partial charge in [-0.1, -0.05) is 18.2 Å². The summed E-state index contributed by atoms with van der Waals surface area (Å²) in [6.07, 6.45) is 1.04. The Morgan fingerprint density at radius 3 is 2.89 bits per heavy atom. The minimum atomic E-state index is 0.914. The number of benzene rings is 1. The molecule has 0 radical (unpaired) electrons. The van der Waals surface area contributed by atoms with E-state index in [1.54, 1.807) is 11.3 Å². The van der Waals surface area contributed by atoms with Crippen LogP contribution in [0.25, 0.3) is 11.0 Å². The molecule has 0 bridgehead atoms. The van der Waals surface area contributed by atoms with Gasteiger partial charge in [-0.3, -0.25) is 0 Å². The lowest BCUT2D eigenvalue weighted by Gasteiger charge is -2.04. The van der Waals surface area contributed by atoms with E-state index in [-0.39, 0.29) is 0 Å². The summed E-state index contributed by atoms with van der Waals surface area (Å²) in [7, 11) is 2.04. The zero-order chi connectivity index (χ0) is 12.4. The second-order valence-electron chi connectivity index (χ2n) is 4.24. The van der Waals surface area contributed by atoms with Gasteiger partial charge in [0.05, 0.1) is 11.0 Å². The maximum absolute atomic E-state index is 4.59. The molecule has 2 aromatic heterocycles. The van der Waals surface area contributed by atoms with Crippen LogP contribution in [0.4, 0.5) is 5.95 Å². The van der Waals surface area contributed by atoms with E-state index in [0.717, 1.165) is 29.9 Å². The van der Waals surface area contributed by atoms with Gasteiger partial charge in [-0.25, -0.2) is 4.98 Å². The largest absolute Gasteiger partial charge is 0.355 e. The lowest BCUT2D eigenvalue weighted by Crippen LogP contribution is -2.08. The van der Waals surface area contributed by atoms with Crippen LogP contribution in [0.5, 0.6) is 0 Å². The minimum absolute atomic E-state index is 0.914. The van der Waals surface area contributed by atoms with Crippen molar-refractivity contribution in [2.24, 2.45) is 7.05 Å². The van der Waals surface area contributed by atoms with Gasteiger partial charge < -0.3 is 9.88 Å². The molecule has 0 atom stereocenters. The monoisotopic (exact) mass is 257 g/mol. The van der Waals surface area contributed by atoms with Crippen LogP contribution in [0, 0.1) is 0 Å². The number of imidazole rings is 1. The van der Waals surface area contributed by atoms with Crippen LogP contribution in [0.2, 0.25) is 0 Å². The topological polar surface area (TPSA) is 29.9 Å². The van der Waals surface area contributed by atoms with Crippen molar-refractivity contribution in [1.29, 1.82) is 0 Å². The molecule has 0 unspecified atom stereocenters. The zero-order valence-electron chi connectivity index (χ0n) is 10.3. The molecule has 92 valence electrons. The van der Waals surface area contributed by atoms with E-state index in [4.69, 9.17) is 0 Å². The Kier molecular flexibility index (Phi) is 3.02. The molecule has 3 rings (SSSR count). The maximum Gasteiger partial charge on any atom is 0.203 e. The molecule has 4 heteroatoms. The SMILES string of the molecule is Cn1c(NCCc2cccs2)nc2ccccc21. The molecule has 0 saturated heterocycles. The summed E-state index contributed by atoms with van der Waals surface area (Å²) < 4.78 is 2.10. The predicted molar refractivity (Wildman–Crippen MR) is 77.2 cm³/mol. The predicted octanol–water partition coefficient (Wildman–Crippen LogP) is 3.29. The first-order valence-electron chi connectivity index (χ1n) is 6.02. The average Bonchev–Trinajstić information content (AvgIpc) is 3.00. The van der Waals surface area contributed by atoms with Crippen LogP contribution in [0.15, 0.2) is 41.8 Å². The van der Waals surface area contributed by atoms with Crippen LogP contribution in [-0.4, -0.2) is 16.1 Å². The molecule has 0 aliphatic rings. The van der Waals surface area contributed by atoms with Gasteiger partial charge in [0.15, 0.2) is 0 Å². The average molecular weight is 257 g/mol. The van der Waals surface area contributed by atoms with Gasteiger partial charge >= 0.3 is 0 Å².